The van der Waals surface area contributed by atoms with Crippen LogP contribution in [0.2, 0.25) is 0 Å². The normalized spacial score (nSPS) is 30.2. The summed E-state index contributed by atoms with van der Waals surface area (Å²) < 4.78 is 28.4. The van der Waals surface area contributed by atoms with Crippen LogP contribution in [-0.2, 0) is 4.79 Å². The fraction of sp³-hybridized carbons (Fsp3) is 0.560. The molecule has 2 fully saturated rings. The van der Waals surface area contributed by atoms with Crippen molar-refractivity contribution in [3.63, 3.8) is 0 Å². The van der Waals surface area contributed by atoms with E-state index >= 15 is 0 Å². The summed E-state index contributed by atoms with van der Waals surface area (Å²) in [6, 6.07) is 7.13. The molecule has 0 radical (unpaired) electrons. The summed E-state index contributed by atoms with van der Waals surface area (Å²) in [6.45, 7) is 9.61. The van der Waals surface area contributed by atoms with Crippen molar-refractivity contribution in [3.05, 3.63) is 53.7 Å². The van der Waals surface area contributed by atoms with Gasteiger partial charge in [-0.2, -0.15) is 5.10 Å². The van der Waals surface area contributed by atoms with Gasteiger partial charge in [-0.25, -0.2) is 8.78 Å². The number of aliphatic hydroxyl groups is 1. The lowest BCUT2D eigenvalue weighted by Crippen LogP contribution is -2.61. The predicted molar refractivity (Wildman–Crippen MR) is 122 cm³/mol. The molecular formula is C25H32F2N4O2. The Hall–Kier alpha value is -2.61. The van der Waals surface area contributed by atoms with Crippen LogP contribution in [0.3, 0.4) is 0 Å². The number of piperidine rings is 1. The highest BCUT2D eigenvalue weighted by Crippen LogP contribution is 2.41. The Balaban J connectivity index is 1.63. The van der Waals surface area contributed by atoms with Gasteiger partial charge in [-0.3, -0.25) is 4.79 Å². The smallest absolute Gasteiger partial charge is 0.228 e. The highest BCUT2D eigenvalue weighted by molar-refractivity contribution is 5.82. The number of benzene rings is 1. The van der Waals surface area contributed by atoms with E-state index in [2.05, 4.69) is 10.2 Å². The van der Waals surface area contributed by atoms with Crippen LogP contribution in [0.25, 0.3) is 0 Å². The molecule has 4 rings (SSSR count). The van der Waals surface area contributed by atoms with Gasteiger partial charge in [0.1, 0.15) is 11.6 Å². The number of aromatic nitrogens is 2. The fourth-order valence-electron chi connectivity index (χ4n) is 5.89. The van der Waals surface area contributed by atoms with Crippen molar-refractivity contribution in [1.29, 1.82) is 0 Å². The average Bonchev–Trinajstić information content (AvgIpc) is 3.22. The molecule has 5 atom stereocenters. The maximum atomic E-state index is 14.8. The second kappa shape index (κ2) is 8.97. The van der Waals surface area contributed by atoms with Crippen LogP contribution in [0.5, 0.6) is 0 Å². The van der Waals surface area contributed by atoms with Crippen LogP contribution in [0.1, 0.15) is 39.2 Å². The highest BCUT2D eigenvalue weighted by Gasteiger charge is 2.50. The minimum Gasteiger partial charge on any atom is -0.389 e. The summed E-state index contributed by atoms with van der Waals surface area (Å²) in [5.41, 5.74) is -0.515. The minimum absolute atomic E-state index is 0.0689. The van der Waals surface area contributed by atoms with E-state index in [1.54, 1.807) is 12.3 Å². The van der Waals surface area contributed by atoms with Crippen molar-refractivity contribution in [1.82, 2.24) is 15.1 Å². The molecule has 0 spiro atoms. The van der Waals surface area contributed by atoms with Crippen molar-refractivity contribution >= 4 is 11.7 Å². The first-order valence-electron chi connectivity index (χ1n) is 11.6. The number of carbonyl (C=O) groups excluding carboxylic acids is 1. The van der Waals surface area contributed by atoms with E-state index in [0.29, 0.717) is 37.6 Å². The second-order valence-electron chi connectivity index (χ2n) is 9.95. The molecule has 2 saturated heterocycles. The highest BCUT2D eigenvalue weighted by atomic mass is 19.1. The summed E-state index contributed by atoms with van der Waals surface area (Å²) in [5.74, 6) is -1.82. The third-order valence-electron chi connectivity index (χ3n) is 7.69. The molecule has 1 aromatic heterocycles. The first-order chi connectivity index (χ1) is 15.6. The topological polar surface area (TPSA) is 69.6 Å². The van der Waals surface area contributed by atoms with Crippen LogP contribution in [0.4, 0.5) is 14.6 Å². The number of hydrogen-bond acceptors (Lipinski definition) is 5. The molecule has 2 aliphatic rings. The van der Waals surface area contributed by atoms with E-state index in [1.807, 2.05) is 43.6 Å². The average molecular weight is 459 g/mol. The van der Waals surface area contributed by atoms with E-state index in [0.717, 1.165) is 6.07 Å². The van der Waals surface area contributed by atoms with Gasteiger partial charge in [-0.1, -0.05) is 33.8 Å². The Morgan fingerprint density at radius 1 is 1.12 bits per heavy atom. The van der Waals surface area contributed by atoms with E-state index in [-0.39, 0.29) is 23.7 Å². The van der Waals surface area contributed by atoms with Gasteiger partial charge in [0.15, 0.2) is 5.82 Å². The SMILES string of the molecule is CC(C)C1(O)[C@H](C)CN(C(=O)[C@H]2CN(c3cccnn3)C[C@@H]2c2ccc(F)cc2F)C[C@@H]1C. The lowest BCUT2D eigenvalue weighted by Gasteiger charge is -2.50. The zero-order chi connectivity index (χ0) is 23.9. The molecule has 1 unspecified atom stereocenters. The lowest BCUT2D eigenvalue weighted by atomic mass is 9.68. The van der Waals surface area contributed by atoms with Gasteiger partial charge in [0, 0.05) is 56.2 Å². The van der Waals surface area contributed by atoms with Crippen LogP contribution in [0, 0.1) is 35.3 Å². The minimum atomic E-state index is -0.847. The number of likely N-dealkylation sites (tertiary alicyclic amines) is 1. The monoisotopic (exact) mass is 458 g/mol. The van der Waals surface area contributed by atoms with Crippen LogP contribution >= 0.6 is 0 Å². The van der Waals surface area contributed by atoms with E-state index in [9.17, 15) is 18.7 Å². The van der Waals surface area contributed by atoms with Crippen molar-refractivity contribution < 1.29 is 18.7 Å². The number of rotatable bonds is 4. The molecule has 0 bridgehead atoms. The first-order valence-corrected chi connectivity index (χ1v) is 11.6. The first kappa shape index (κ1) is 23.5. The molecular weight excluding hydrogens is 426 g/mol. The van der Waals surface area contributed by atoms with Gasteiger partial charge in [-0.05, 0) is 29.7 Å². The Bertz CT molecular complexity index is 991. The number of carbonyl (C=O) groups is 1. The number of halogens is 2. The Morgan fingerprint density at radius 3 is 2.39 bits per heavy atom. The maximum Gasteiger partial charge on any atom is 0.228 e. The van der Waals surface area contributed by atoms with Crippen molar-refractivity contribution in [3.8, 4) is 0 Å². The van der Waals surface area contributed by atoms with Gasteiger partial charge in [0.05, 0.1) is 11.5 Å². The third kappa shape index (κ3) is 4.21. The standard InChI is InChI=1S/C25H32F2N4O2/c1-15(2)25(33)16(3)11-31(12-17(25)4)24(32)21-14-30(23-6-5-9-28-29-23)13-20(21)19-8-7-18(26)10-22(19)27/h5-10,15-17,20-21,33H,11-14H2,1-4H3/t16-,17+,20-,21+,25?/m1/s1. The van der Waals surface area contributed by atoms with Gasteiger partial charge in [0.25, 0.3) is 0 Å². The van der Waals surface area contributed by atoms with Crippen molar-refractivity contribution in [2.24, 2.45) is 23.7 Å². The molecule has 178 valence electrons. The predicted octanol–water partition coefficient (Wildman–Crippen LogP) is 3.48. The van der Waals surface area contributed by atoms with Crippen LogP contribution < -0.4 is 4.90 Å². The zero-order valence-electron chi connectivity index (χ0n) is 19.6. The van der Waals surface area contributed by atoms with E-state index in [4.69, 9.17) is 0 Å². The largest absolute Gasteiger partial charge is 0.389 e. The second-order valence-corrected chi connectivity index (χ2v) is 9.95. The molecule has 1 amide bonds. The Morgan fingerprint density at radius 2 is 1.82 bits per heavy atom. The number of anilines is 1. The van der Waals surface area contributed by atoms with E-state index < -0.39 is 29.1 Å². The zero-order valence-corrected chi connectivity index (χ0v) is 19.6. The maximum absolute atomic E-state index is 14.8. The van der Waals surface area contributed by atoms with Crippen LogP contribution in [0.15, 0.2) is 36.5 Å². The number of amides is 1. The van der Waals surface area contributed by atoms with Crippen molar-refractivity contribution in [2.75, 3.05) is 31.1 Å². The summed E-state index contributed by atoms with van der Waals surface area (Å²) in [4.78, 5) is 17.5. The van der Waals surface area contributed by atoms with Gasteiger partial charge >= 0.3 is 0 Å². The molecule has 2 aliphatic heterocycles. The molecule has 1 N–H and O–H groups in total. The van der Waals surface area contributed by atoms with Gasteiger partial charge < -0.3 is 14.9 Å². The molecule has 0 aliphatic carbocycles. The summed E-state index contributed by atoms with van der Waals surface area (Å²) >= 11 is 0. The molecule has 33 heavy (non-hydrogen) atoms. The Kier molecular flexibility index (Phi) is 6.40. The molecule has 8 heteroatoms. The van der Waals surface area contributed by atoms with Gasteiger partial charge in [-0.15, -0.1) is 5.10 Å². The van der Waals surface area contributed by atoms with Gasteiger partial charge in [0.2, 0.25) is 5.91 Å². The Labute approximate surface area is 193 Å². The molecule has 0 saturated carbocycles. The lowest BCUT2D eigenvalue weighted by molar-refractivity contribution is -0.159. The molecule has 6 nitrogen and oxygen atoms in total. The molecule has 1 aromatic carbocycles. The summed E-state index contributed by atoms with van der Waals surface area (Å²) in [6.07, 6.45) is 1.58. The summed E-state index contributed by atoms with van der Waals surface area (Å²) in [7, 11) is 0. The van der Waals surface area contributed by atoms with Crippen LogP contribution in [-0.4, -0.2) is 57.9 Å². The summed E-state index contributed by atoms with van der Waals surface area (Å²) in [5, 5.41) is 19.4. The molecule has 2 aromatic rings. The number of hydrogen-bond donors (Lipinski definition) is 1. The van der Waals surface area contributed by atoms with Crippen molar-refractivity contribution in [2.45, 2.75) is 39.2 Å². The fourth-order valence-corrected chi connectivity index (χ4v) is 5.89. The van der Waals surface area contributed by atoms with E-state index in [1.165, 1.54) is 12.1 Å². The number of nitrogens with zero attached hydrogens (tertiary/aromatic N) is 4. The molecule has 3 heterocycles. The quantitative estimate of drug-likeness (QED) is 0.760. The third-order valence-corrected chi connectivity index (χ3v) is 7.69.